The Hall–Kier alpha value is -3.88. The number of hydrogen-bond donors (Lipinski definition) is 2. The van der Waals surface area contributed by atoms with Crippen molar-refractivity contribution in [2.45, 2.75) is 6.92 Å². The van der Waals surface area contributed by atoms with Crippen molar-refractivity contribution in [2.75, 3.05) is 17.2 Å². The lowest BCUT2D eigenvalue weighted by Crippen LogP contribution is -2.15. The highest BCUT2D eigenvalue weighted by Gasteiger charge is 2.14. The molecule has 9 heteroatoms. The molecule has 3 aromatic rings. The van der Waals surface area contributed by atoms with Gasteiger partial charge in [-0.15, -0.1) is 10.2 Å². The van der Waals surface area contributed by atoms with Crippen LogP contribution in [-0.2, 0) is 4.74 Å². The summed E-state index contributed by atoms with van der Waals surface area (Å²) in [5.74, 6) is -2.56. The van der Waals surface area contributed by atoms with Crippen LogP contribution in [0, 0.1) is 11.6 Å². The third kappa shape index (κ3) is 4.89. The van der Waals surface area contributed by atoms with Crippen LogP contribution in [0.3, 0.4) is 0 Å². The predicted octanol–water partition coefficient (Wildman–Crippen LogP) is 3.93. The lowest BCUT2D eigenvalue weighted by atomic mass is 10.2. The number of carbonyl (C=O) groups is 2. The Bertz CT molecular complexity index is 1040. The van der Waals surface area contributed by atoms with Gasteiger partial charge in [0, 0.05) is 6.07 Å². The van der Waals surface area contributed by atoms with Crippen molar-refractivity contribution in [1.29, 1.82) is 0 Å². The molecule has 0 saturated carbocycles. The van der Waals surface area contributed by atoms with Gasteiger partial charge in [0.1, 0.15) is 11.6 Å². The maximum Gasteiger partial charge on any atom is 0.340 e. The molecule has 2 aromatic carbocycles. The first-order chi connectivity index (χ1) is 14.0. The highest BCUT2D eigenvalue weighted by molar-refractivity contribution is 6.03. The molecule has 0 radical (unpaired) electrons. The van der Waals surface area contributed by atoms with Crippen LogP contribution in [-0.4, -0.2) is 28.7 Å². The Morgan fingerprint density at radius 3 is 2.48 bits per heavy atom. The van der Waals surface area contributed by atoms with Crippen LogP contribution in [0.5, 0.6) is 0 Å². The van der Waals surface area contributed by atoms with Gasteiger partial charge in [0.2, 0.25) is 0 Å². The van der Waals surface area contributed by atoms with Gasteiger partial charge in [-0.25, -0.2) is 13.6 Å². The van der Waals surface area contributed by atoms with Gasteiger partial charge in [0.25, 0.3) is 5.91 Å². The Morgan fingerprint density at radius 1 is 1.00 bits per heavy atom. The topological polar surface area (TPSA) is 93.2 Å². The highest BCUT2D eigenvalue weighted by Crippen LogP contribution is 2.21. The third-order valence-corrected chi connectivity index (χ3v) is 3.76. The monoisotopic (exact) mass is 398 g/mol. The molecule has 0 aliphatic carbocycles. The summed E-state index contributed by atoms with van der Waals surface area (Å²) in [5, 5.41) is 12.9. The van der Waals surface area contributed by atoms with E-state index in [9.17, 15) is 18.4 Å². The van der Waals surface area contributed by atoms with Crippen LogP contribution in [0.4, 0.5) is 26.0 Å². The number of carbonyl (C=O) groups excluding carboxylic acids is 2. The van der Waals surface area contributed by atoms with E-state index in [4.69, 9.17) is 4.74 Å². The van der Waals surface area contributed by atoms with E-state index in [1.165, 1.54) is 12.1 Å². The Labute approximate surface area is 164 Å². The second kappa shape index (κ2) is 8.87. The van der Waals surface area contributed by atoms with Gasteiger partial charge in [-0.1, -0.05) is 12.1 Å². The standard InChI is InChI=1S/C20H16F2N4O3/c1-2-29-20(28)13-5-3-4-6-15(13)23-18-10-9-17(25-26-18)19(27)24-16-8-7-12(21)11-14(16)22/h3-11H,2H2,1H3,(H,23,26)(H,24,27). The number of aromatic nitrogens is 2. The second-order valence-electron chi connectivity index (χ2n) is 5.77. The van der Waals surface area contributed by atoms with E-state index >= 15 is 0 Å². The number of rotatable bonds is 6. The smallest absolute Gasteiger partial charge is 0.340 e. The Kier molecular flexibility index (Phi) is 6.08. The van der Waals surface area contributed by atoms with Crippen LogP contribution in [0.25, 0.3) is 0 Å². The summed E-state index contributed by atoms with van der Waals surface area (Å²) in [5.41, 5.74) is 0.539. The van der Waals surface area contributed by atoms with Gasteiger partial charge in [-0.05, 0) is 43.3 Å². The number of nitrogens with zero attached hydrogens (tertiary/aromatic N) is 2. The number of benzene rings is 2. The normalized spacial score (nSPS) is 10.3. The zero-order valence-electron chi connectivity index (χ0n) is 15.3. The first kappa shape index (κ1) is 19.9. The van der Waals surface area contributed by atoms with Crippen molar-refractivity contribution in [3.05, 3.63) is 77.5 Å². The maximum absolute atomic E-state index is 13.7. The van der Waals surface area contributed by atoms with Gasteiger partial charge < -0.3 is 15.4 Å². The molecule has 1 amide bonds. The van der Waals surface area contributed by atoms with E-state index in [0.717, 1.165) is 12.1 Å². The molecule has 3 rings (SSSR count). The molecular weight excluding hydrogens is 382 g/mol. The van der Waals surface area contributed by atoms with E-state index in [1.807, 2.05) is 0 Å². The second-order valence-corrected chi connectivity index (χ2v) is 5.77. The molecule has 2 N–H and O–H groups in total. The van der Waals surface area contributed by atoms with Crippen LogP contribution < -0.4 is 10.6 Å². The van der Waals surface area contributed by atoms with E-state index < -0.39 is 23.5 Å². The number of ether oxygens (including phenoxy) is 1. The summed E-state index contributed by atoms with van der Waals surface area (Å²) in [6.07, 6.45) is 0. The van der Waals surface area contributed by atoms with Gasteiger partial charge in [0.05, 0.1) is 23.5 Å². The number of esters is 1. The Balaban J connectivity index is 1.72. The lowest BCUT2D eigenvalue weighted by molar-refractivity contribution is 0.0527. The highest BCUT2D eigenvalue weighted by atomic mass is 19.1. The zero-order valence-corrected chi connectivity index (χ0v) is 15.3. The molecule has 0 spiro atoms. The fourth-order valence-electron chi connectivity index (χ4n) is 2.41. The summed E-state index contributed by atoms with van der Waals surface area (Å²) in [6, 6.07) is 12.4. The van der Waals surface area contributed by atoms with Crippen LogP contribution in [0.2, 0.25) is 0 Å². The number of amides is 1. The summed E-state index contributed by atoms with van der Waals surface area (Å²) in [7, 11) is 0. The first-order valence-corrected chi connectivity index (χ1v) is 8.61. The molecule has 7 nitrogen and oxygen atoms in total. The predicted molar refractivity (Wildman–Crippen MR) is 102 cm³/mol. The van der Waals surface area contributed by atoms with E-state index in [-0.39, 0.29) is 23.8 Å². The van der Waals surface area contributed by atoms with Crippen molar-refractivity contribution < 1.29 is 23.1 Å². The minimum absolute atomic E-state index is 0.0713. The summed E-state index contributed by atoms with van der Waals surface area (Å²) in [4.78, 5) is 24.2. The van der Waals surface area contributed by atoms with Gasteiger partial charge in [-0.2, -0.15) is 0 Å². The minimum Gasteiger partial charge on any atom is -0.462 e. The van der Waals surface area contributed by atoms with Crippen molar-refractivity contribution in [3.63, 3.8) is 0 Å². The molecule has 0 fully saturated rings. The number of nitrogens with one attached hydrogen (secondary N) is 2. The summed E-state index contributed by atoms with van der Waals surface area (Å²) >= 11 is 0. The fraction of sp³-hybridized carbons (Fsp3) is 0.100. The average molecular weight is 398 g/mol. The third-order valence-electron chi connectivity index (χ3n) is 3.76. The molecule has 0 unspecified atom stereocenters. The molecule has 29 heavy (non-hydrogen) atoms. The van der Waals surface area contributed by atoms with Crippen LogP contribution in [0.1, 0.15) is 27.8 Å². The average Bonchev–Trinajstić information content (AvgIpc) is 2.71. The Morgan fingerprint density at radius 2 is 1.79 bits per heavy atom. The van der Waals surface area contributed by atoms with Crippen molar-refractivity contribution >= 4 is 29.1 Å². The summed E-state index contributed by atoms with van der Waals surface area (Å²) < 4.78 is 31.6. The quantitative estimate of drug-likeness (QED) is 0.611. The number of halogens is 2. The largest absolute Gasteiger partial charge is 0.462 e. The molecule has 1 heterocycles. The van der Waals surface area contributed by atoms with E-state index in [1.54, 1.807) is 31.2 Å². The molecule has 0 saturated heterocycles. The number of hydrogen-bond acceptors (Lipinski definition) is 6. The van der Waals surface area contributed by atoms with Crippen molar-refractivity contribution in [1.82, 2.24) is 10.2 Å². The van der Waals surface area contributed by atoms with Crippen molar-refractivity contribution in [3.8, 4) is 0 Å². The van der Waals surface area contributed by atoms with Gasteiger partial charge in [-0.3, -0.25) is 4.79 Å². The van der Waals surface area contributed by atoms with E-state index in [0.29, 0.717) is 17.3 Å². The summed E-state index contributed by atoms with van der Waals surface area (Å²) in [6.45, 7) is 1.95. The molecule has 0 atom stereocenters. The maximum atomic E-state index is 13.7. The fourth-order valence-corrected chi connectivity index (χ4v) is 2.41. The van der Waals surface area contributed by atoms with Crippen LogP contribution >= 0.6 is 0 Å². The molecule has 0 aliphatic rings. The molecule has 148 valence electrons. The van der Waals surface area contributed by atoms with Gasteiger partial charge >= 0.3 is 5.97 Å². The number of anilines is 3. The zero-order chi connectivity index (χ0) is 20.8. The van der Waals surface area contributed by atoms with Gasteiger partial charge in [0.15, 0.2) is 11.5 Å². The molecule has 1 aromatic heterocycles. The SMILES string of the molecule is CCOC(=O)c1ccccc1Nc1ccc(C(=O)Nc2ccc(F)cc2F)nn1. The van der Waals surface area contributed by atoms with Crippen molar-refractivity contribution in [2.24, 2.45) is 0 Å². The molecular formula is C20H16F2N4O3. The molecule has 0 aliphatic heterocycles. The van der Waals surface area contributed by atoms with Crippen LogP contribution in [0.15, 0.2) is 54.6 Å². The van der Waals surface area contributed by atoms with E-state index in [2.05, 4.69) is 20.8 Å². The number of para-hydroxylation sites is 1. The lowest BCUT2D eigenvalue weighted by Gasteiger charge is -2.10. The molecule has 0 bridgehead atoms. The minimum atomic E-state index is -0.903. The first-order valence-electron chi connectivity index (χ1n) is 8.61.